The van der Waals surface area contributed by atoms with E-state index in [9.17, 15) is 5.11 Å². The van der Waals surface area contributed by atoms with Gasteiger partial charge in [-0.2, -0.15) is 4.57 Å². The van der Waals surface area contributed by atoms with Gasteiger partial charge in [0.15, 0.2) is 24.2 Å². The Hall–Kier alpha value is -2.59. The van der Waals surface area contributed by atoms with Crippen LogP contribution in [0.4, 0.5) is 0 Å². The molecule has 1 aromatic carbocycles. The van der Waals surface area contributed by atoms with Crippen LogP contribution in [0.25, 0.3) is 12.2 Å². The fourth-order valence-electron chi connectivity index (χ4n) is 2.10. The van der Waals surface area contributed by atoms with Crippen molar-refractivity contribution in [2.24, 2.45) is 5.73 Å². The van der Waals surface area contributed by atoms with Gasteiger partial charge in [-0.3, -0.25) is 0 Å². The number of methoxy groups -OCH3 is 1. The number of phenolic OH excluding ortho intramolecular Hbond substituents is 1. The Morgan fingerprint density at radius 3 is 2.77 bits per heavy atom. The molecule has 0 fully saturated rings. The SMILES string of the molecule is COc1cc(/C=C\C=C\c2cccc[n+]2CCN)ccc1O. The first-order chi connectivity index (χ1) is 10.7. The van der Waals surface area contributed by atoms with Gasteiger partial charge in [-0.1, -0.05) is 24.3 Å². The second-order valence-corrected chi connectivity index (χ2v) is 4.76. The fraction of sp³-hybridized carbons (Fsp3) is 0.167. The van der Waals surface area contributed by atoms with E-state index in [1.165, 1.54) is 7.11 Å². The lowest BCUT2D eigenvalue weighted by molar-refractivity contribution is -0.696. The first-order valence-corrected chi connectivity index (χ1v) is 7.15. The van der Waals surface area contributed by atoms with Gasteiger partial charge in [-0.05, 0) is 23.8 Å². The van der Waals surface area contributed by atoms with Crippen LogP contribution in [0.3, 0.4) is 0 Å². The van der Waals surface area contributed by atoms with E-state index in [4.69, 9.17) is 10.5 Å². The molecule has 3 N–H and O–H groups in total. The number of allylic oxidation sites excluding steroid dienone is 2. The van der Waals surface area contributed by atoms with E-state index in [2.05, 4.69) is 4.57 Å². The number of ether oxygens (including phenoxy) is 1. The third-order valence-electron chi connectivity index (χ3n) is 3.22. The van der Waals surface area contributed by atoms with Crippen LogP contribution in [0.5, 0.6) is 11.5 Å². The largest absolute Gasteiger partial charge is 0.504 e. The number of benzene rings is 1. The summed E-state index contributed by atoms with van der Waals surface area (Å²) < 4.78 is 7.19. The summed E-state index contributed by atoms with van der Waals surface area (Å²) in [6.07, 6.45) is 9.92. The molecular weight excluding hydrogens is 276 g/mol. The van der Waals surface area contributed by atoms with Crippen molar-refractivity contribution < 1.29 is 14.4 Å². The lowest BCUT2D eigenvalue weighted by Gasteiger charge is -2.03. The highest BCUT2D eigenvalue weighted by Crippen LogP contribution is 2.26. The van der Waals surface area contributed by atoms with Crippen molar-refractivity contribution in [1.82, 2.24) is 0 Å². The topological polar surface area (TPSA) is 59.4 Å². The molecule has 0 saturated heterocycles. The van der Waals surface area contributed by atoms with Gasteiger partial charge in [-0.25, -0.2) is 0 Å². The third-order valence-corrected chi connectivity index (χ3v) is 3.22. The molecule has 22 heavy (non-hydrogen) atoms. The van der Waals surface area contributed by atoms with Crippen LogP contribution in [0.2, 0.25) is 0 Å². The van der Waals surface area contributed by atoms with Crippen molar-refractivity contribution in [3.05, 3.63) is 66.0 Å². The quantitative estimate of drug-likeness (QED) is 0.636. The molecule has 1 heterocycles. The summed E-state index contributed by atoms with van der Waals surface area (Å²) in [5.41, 5.74) is 7.67. The Kier molecular flexibility index (Phi) is 5.74. The summed E-state index contributed by atoms with van der Waals surface area (Å²) in [7, 11) is 1.54. The molecule has 2 aromatic rings. The molecule has 0 saturated carbocycles. The zero-order chi connectivity index (χ0) is 15.8. The molecule has 0 amide bonds. The number of aromatic nitrogens is 1. The van der Waals surface area contributed by atoms with Gasteiger partial charge in [0, 0.05) is 18.2 Å². The van der Waals surface area contributed by atoms with Crippen molar-refractivity contribution in [1.29, 1.82) is 0 Å². The van der Waals surface area contributed by atoms with Gasteiger partial charge in [0.1, 0.15) is 0 Å². The maximum absolute atomic E-state index is 9.56. The van der Waals surface area contributed by atoms with Crippen LogP contribution in [-0.2, 0) is 6.54 Å². The molecule has 0 spiro atoms. The number of hydrogen-bond donors (Lipinski definition) is 2. The lowest BCUT2D eigenvalue weighted by atomic mass is 10.2. The van der Waals surface area contributed by atoms with Crippen LogP contribution in [0, 0.1) is 0 Å². The van der Waals surface area contributed by atoms with E-state index in [-0.39, 0.29) is 5.75 Å². The van der Waals surface area contributed by atoms with Crippen molar-refractivity contribution in [3.8, 4) is 11.5 Å². The highest BCUT2D eigenvalue weighted by molar-refractivity contribution is 5.58. The van der Waals surface area contributed by atoms with Crippen LogP contribution >= 0.6 is 0 Å². The lowest BCUT2D eigenvalue weighted by Crippen LogP contribution is -2.39. The van der Waals surface area contributed by atoms with E-state index < -0.39 is 0 Å². The zero-order valence-corrected chi connectivity index (χ0v) is 12.6. The maximum atomic E-state index is 9.56. The Balaban J connectivity index is 2.09. The molecule has 0 aliphatic heterocycles. The second kappa shape index (κ2) is 8.00. The number of nitrogens with two attached hydrogens (primary N) is 1. The molecule has 0 unspecified atom stereocenters. The molecule has 114 valence electrons. The molecule has 0 atom stereocenters. The first-order valence-electron chi connectivity index (χ1n) is 7.15. The Bertz CT molecular complexity index is 679. The van der Waals surface area contributed by atoms with E-state index in [0.29, 0.717) is 12.3 Å². The summed E-state index contributed by atoms with van der Waals surface area (Å²) in [6, 6.07) is 11.3. The van der Waals surface area contributed by atoms with Crippen LogP contribution in [-0.4, -0.2) is 18.8 Å². The predicted octanol–water partition coefficient (Wildman–Crippen LogP) is 2.37. The summed E-state index contributed by atoms with van der Waals surface area (Å²) in [4.78, 5) is 0. The van der Waals surface area contributed by atoms with Gasteiger partial charge in [0.25, 0.3) is 0 Å². The molecule has 0 aliphatic rings. The van der Waals surface area contributed by atoms with Gasteiger partial charge in [-0.15, -0.1) is 0 Å². The second-order valence-electron chi connectivity index (χ2n) is 4.76. The third kappa shape index (κ3) is 4.20. The normalized spacial score (nSPS) is 11.4. The Morgan fingerprint density at radius 1 is 1.18 bits per heavy atom. The number of aromatic hydroxyl groups is 1. The van der Waals surface area contributed by atoms with E-state index in [1.807, 2.05) is 54.8 Å². The molecule has 0 bridgehead atoms. The first kappa shape index (κ1) is 15.8. The molecule has 4 nitrogen and oxygen atoms in total. The predicted molar refractivity (Wildman–Crippen MR) is 88.4 cm³/mol. The fourth-order valence-corrected chi connectivity index (χ4v) is 2.10. The van der Waals surface area contributed by atoms with Crippen molar-refractivity contribution in [2.45, 2.75) is 6.54 Å². The minimum Gasteiger partial charge on any atom is -0.504 e. The van der Waals surface area contributed by atoms with Gasteiger partial charge in [0.2, 0.25) is 5.69 Å². The monoisotopic (exact) mass is 297 g/mol. The van der Waals surface area contributed by atoms with Gasteiger partial charge in [0.05, 0.1) is 13.7 Å². The van der Waals surface area contributed by atoms with Crippen molar-refractivity contribution in [2.75, 3.05) is 13.7 Å². The summed E-state index contributed by atoms with van der Waals surface area (Å²) >= 11 is 0. The van der Waals surface area contributed by atoms with Crippen LogP contribution < -0.4 is 15.0 Å². The zero-order valence-electron chi connectivity index (χ0n) is 12.6. The summed E-state index contributed by atoms with van der Waals surface area (Å²) in [6.45, 7) is 1.40. The molecule has 0 radical (unpaired) electrons. The van der Waals surface area contributed by atoms with E-state index in [0.717, 1.165) is 17.8 Å². The smallest absolute Gasteiger partial charge is 0.205 e. The molecular formula is C18H21N2O2+. The number of nitrogens with zero attached hydrogens (tertiary/aromatic N) is 1. The maximum Gasteiger partial charge on any atom is 0.205 e. The average molecular weight is 297 g/mol. The minimum atomic E-state index is 0.141. The van der Waals surface area contributed by atoms with Crippen LogP contribution in [0.1, 0.15) is 11.3 Å². The molecule has 0 aliphatic carbocycles. The molecule has 2 rings (SSSR count). The van der Waals surface area contributed by atoms with Gasteiger partial charge >= 0.3 is 0 Å². The van der Waals surface area contributed by atoms with Crippen molar-refractivity contribution in [3.63, 3.8) is 0 Å². The number of phenols is 1. The standard InChI is InChI=1S/C18H20N2O2/c1-22-18-14-15(9-10-17(18)21)6-2-3-7-16-8-4-5-12-20(16)13-11-19/h2-10,12,14H,11,13,19H2,1H3/p+1. The number of hydrogen-bond acceptors (Lipinski definition) is 3. The number of rotatable bonds is 6. The van der Waals surface area contributed by atoms with E-state index >= 15 is 0 Å². The van der Waals surface area contributed by atoms with Gasteiger partial charge < -0.3 is 15.6 Å². The molecule has 1 aromatic heterocycles. The van der Waals surface area contributed by atoms with Crippen LogP contribution in [0.15, 0.2) is 54.7 Å². The summed E-state index contributed by atoms with van der Waals surface area (Å²) in [5.74, 6) is 0.609. The summed E-state index contributed by atoms with van der Waals surface area (Å²) in [5, 5.41) is 9.56. The Morgan fingerprint density at radius 2 is 2.00 bits per heavy atom. The number of pyridine rings is 1. The van der Waals surface area contributed by atoms with E-state index in [1.54, 1.807) is 12.1 Å². The Labute approximate surface area is 130 Å². The van der Waals surface area contributed by atoms with Crippen molar-refractivity contribution >= 4 is 12.2 Å². The molecule has 4 heteroatoms. The highest BCUT2D eigenvalue weighted by Gasteiger charge is 2.03. The average Bonchev–Trinajstić information content (AvgIpc) is 2.54. The highest BCUT2D eigenvalue weighted by atomic mass is 16.5. The minimum absolute atomic E-state index is 0.141.